The fourth-order valence-electron chi connectivity index (χ4n) is 4.03. The van der Waals surface area contributed by atoms with Gasteiger partial charge in [0.05, 0.1) is 5.03 Å². The van der Waals surface area contributed by atoms with Crippen LogP contribution in [0.25, 0.3) is 0 Å². The van der Waals surface area contributed by atoms with Gasteiger partial charge in [0, 0.05) is 12.0 Å². The maximum Gasteiger partial charge on any atom is 0.216 e. The van der Waals surface area contributed by atoms with Gasteiger partial charge in [-0.1, -0.05) is 58.6 Å². The summed E-state index contributed by atoms with van der Waals surface area (Å²) in [6.45, 7) is 0. The second-order valence-corrected chi connectivity index (χ2v) is 7.81. The van der Waals surface area contributed by atoms with Crippen molar-refractivity contribution < 1.29 is 0 Å². The van der Waals surface area contributed by atoms with Crippen LogP contribution in [0.2, 0.25) is 0 Å². The van der Waals surface area contributed by atoms with E-state index in [1.807, 2.05) is 4.90 Å². The Labute approximate surface area is 124 Å². The minimum atomic E-state index is -1.24. The summed E-state index contributed by atoms with van der Waals surface area (Å²) in [6, 6.07) is 0.188. The van der Waals surface area contributed by atoms with Gasteiger partial charge in [-0.25, -0.2) is 0 Å². The molecule has 0 radical (unpaired) electrons. The van der Waals surface area contributed by atoms with E-state index in [2.05, 4.69) is 12.2 Å². The van der Waals surface area contributed by atoms with E-state index in [9.17, 15) is 0 Å². The first-order valence-corrected chi connectivity index (χ1v) is 7.40. The second kappa shape index (κ2) is 3.07. The van der Waals surface area contributed by atoms with Crippen molar-refractivity contribution >= 4 is 58.0 Å². The predicted octanol–water partition coefficient (Wildman–Crippen LogP) is 4.26. The molecule has 0 aromatic rings. The van der Waals surface area contributed by atoms with Crippen molar-refractivity contribution in [3.8, 4) is 0 Å². The predicted molar refractivity (Wildman–Crippen MR) is 71.6 cm³/mol. The molecule has 92 valence electrons. The monoisotopic (exact) mass is 329 g/mol. The Kier molecular flexibility index (Phi) is 2.08. The van der Waals surface area contributed by atoms with Crippen LogP contribution in [0.3, 0.4) is 0 Å². The molecule has 0 aromatic carbocycles. The van der Waals surface area contributed by atoms with Crippen molar-refractivity contribution in [1.82, 2.24) is 4.90 Å². The third-order valence-electron chi connectivity index (χ3n) is 4.63. The van der Waals surface area contributed by atoms with Crippen molar-refractivity contribution in [2.45, 2.75) is 21.8 Å². The Balaban J connectivity index is 1.97. The minimum absolute atomic E-state index is 0.157. The Hall–Kier alpha value is 0.730. The molecule has 2 aliphatic carbocycles. The Bertz CT molecular complexity index is 484. The van der Waals surface area contributed by atoms with Crippen molar-refractivity contribution in [3.05, 3.63) is 22.3 Å². The van der Waals surface area contributed by atoms with Gasteiger partial charge in [-0.3, -0.25) is 0 Å². The maximum atomic E-state index is 6.72. The molecule has 6 heteroatoms. The van der Waals surface area contributed by atoms with Crippen LogP contribution in [0.5, 0.6) is 0 Å². The molecule has 17 heavy (non-hydrogen) atoms. The summed E-state index contributed by atoms with van der Waals surface area (Å²) in [6.07, 6.45) is 5.52. The summed E-state index contributed by atoms with van der Waals surface area (Å²) < 4.78 is -1.24. The number of nitrogens with zero attached hydrogens (tertiary/aromatic N) is 1. The van der Waals surface area contributed by atoms with E-state index < -0.39 is 9.33 Å². The van der Waals surface area contributed by atoms with Gasteiger partial charge in [-0.2, -0.15) is 0 Å². The van der Waals surface area contributed by atoms with Gasteiger partial charge >= 0.3 is 0 Å². The molecule has 1 saturated heterocycles. The molecule has 0 N–H and O–H groups in total. The third-order valence-corrected chi connectivity index (χ3v) is 7.54. The van der Waals surface area contributed by atoms with E-state index in [-0.39, 0.29) is 12.0 Å². The number of hydrogen-bond acceptors (Lipinski definition) is 1. The molecule has 4 bridgehead atoms. The van der Waals surface area contributed by atoms with Crippen LogP contribution in [0.1, 0.15) is 6.42 Å². The average molecular weight is 331 g/mol. The summed E-state index contributed by atoms with van der Waals surface area (Å²) in [5.74, 6) is 0.994. The van der Waals surface area contributed by atoms with Crippen molar-refractivity contribution in [2.24, 2.45) is 17.8 Å². The number of alkyl halides is 3. The summed E-state index contributed by atoms with van der Waals surface area (Å²) in [4.78, 5) is 0.843. The first kappa shape index (κ1) is 11.5. The highest BCUT2D eigenvalue weighted by Gasteiger charge is 2.78. The smallest absolute Gasteiger partial charge is 0.216 e. The van der Waals surface area contributed by atoms with Crippen LogP contribution in [0, 0.1) is 17.8 Å². The molecule has 4 rings (SSSR count). The van der Waals surface area contributed by atoms with E-state index in [0.717, 1.165) is 6.42 Å². The van der Waals surface area contributed by atoms with Crippen LogP contribution in [0.15, 0.2) is 22.3 Å². The van der Waals surface area contributed by atoms with Gasteiger partial charge in [0.25, 0.3) is 0 Å². The fourth-order valence-corrected chi connectivity index (χ4v) is 6.31. The van der Waals surface area contributed by atoms with Crippen molar-refractivity contribution in [1.29, 1.82) is 0 Å². The zero-order chi connectivity index (χ0) is 12.2. The molecular formula is C11H8Cl5N. The zero-order valence-corrected chi connectivity index (χ0v) is 12.3. The number of allylic oxidation sites excluding steroid dienone is 1. The lowest BCUT2D eigenvalue weighted by Gasteiger charge is -2.35. The van der Waals surface area contributed by atoms with Gasteiger partial charge in [0.2, 0.25) is 4.46 Å². The highest BCUT2D eigenvalue weighted by Crippen LogP contribution is 2.73. The molecule has 0 spiro atoms. The quantitative estimate of drug-likeness (QED) is 0.364. The molecule has 4 aliphatic rings. The molecule has 1 saturated carbocycles. The number of rotatable bonds is 0. The van der Waals surface area contributed by atoms with E-state index in [4.69, 9.17) is 58.0 Å². The van der Waals surface area contributed by atoms with E-state index >= 15 is 0 Å². The summed E-state index contributed by atoms with van der Waals surface area (Å²) in [5.41, 5.74) is 0. The van der Waals surface area contributed by atoms with Gasteiger partial charge in [0.1, 0.15) is 10.0 Å². The molecular weight excluding hydrogens is 323 g/mol. The third kappa shape index (κ3) is 0.984. The first-order valence-electron chi connectivity index (χ1n) is 5.51. The number of halogens is 5. The van der Waals surface area contributed by atoms with Crippen LogP contribution in [-0.2, 0) is 0 Å². The molecule has 1 nitrogen and oxygen atoms in total. The maximum absolute atomic E-state index is 6.72. The second-order valence-electron chi connectivity index (χ2n) is 5.19. The Morgan fingerprint density at radius 1 is 1.12 bits per heavy atom. The van der Waals surface area contributed by atoms with Crippen molar-refractivity contribution in [2.75, 3.05) is 0 Å². The number of fused-ring (bicyclic) bond motifs is 9. The van der Waals surface area contributed by atoms with Gasteiger partial charge in [-0.05, 0) is 18.3 Å². The summed E-state index contributed by atoms with van der Waals surface area (Å²) in [5, 5.41) is 0.807. The molecule has 2 fully saturated rings. The average Bonchev–Trinajstić information content (AvgIpc) is 2.92. The van der Waals surface area contributed by atoms with Crippen LogP contribution < -0.4 is 0 Å². The highest BCUT2D eigenvalue weighted by atomic mass is 35.5. The Morgan fingerprint density at radius 3 is 2.47 bits per heavy atom. The SMILES string of the molecule is ClC1=C(Cl)[C@]2(Cl)[C@H]3[C@H]([C@@H]4C=C[C@H]3C4)N1C2(Cl)Cl. The van der Waals surface area contributed by atoms with Crippen LogP contribution in [-0.4, -0.2) is 20.3 Å². The van der Waals surface area contributed by atoms with Gasteiger partial charge in [-0.15, -0.1) is 11.6 Å². The lowest BCUT2D eigenvalue weighted by atomic mass is 9.80. The highest BCUT2D eigenvalue weighted by molar-refractivity contribution is 6.59. The van der Waals surface area contributed by atoms with Crippen LogP contribution >= 0.6 is 58.0 Å². The molecule has 0 unspecified atom stereocenters. The normalized spacial score (nSPS) is 52.9. The lowest BCUT2D eigenvalue weighted by molar-refractivity contribution is 0.246. The van der Waals surface area contributed by atoms with E-state index in [1.54, 1.807) is 0 Å². The standard InChI is InChI=1S/C11H8Cl5N/c12-8-9(13)17-7-5-2-1-4(3-5)6(7)10(8,14)11(17,15)16/h1-2,4-7H,3H2/t4-,5+,6+,7-,10+/m0/s1. The largest absolute Gasteiger partial charge is 0.324 e. The van der Waals surface area contributed by atoms with Gasteiger partial charge in [0.15, 0.2) is 0 Å². The molecule has 0 amide bonds. The summed E-state index contributed by atoms with van der Waals surface area (Å²) >= 11 is 32.1. The Morgan fingerprint density at radius 2 is 1.76 bits per heavy atom. The zero-order valence-electron chi connectivity index (χ0n) is 8.51. The minimum Gasteiger partial charge on any atom is -0.324 e. The number of hydrogen-bond donors (Lipinski definition) is 0. The van der Waals surface area contributed by atoms with Crippen LogP contribution in [0.4, 0.5) is 0 Å². The fraction of sp³-hybridized carbons (Fsp3) is 0.636. The molecule has 5 atom stereocenters. The molecule has 0 aromatic heterocycles. The topological polar surface area (TPSA) is 3.24 Å². The summed E-state index contributed by atoms with van der Waals surface area (Å²) in [7, 11) is 0. The molecule has 2 heterocycles. The molecule has 2 aliphatic heterocycles. The first-order chi connectivity index (χ1) is 7.90. The van der Waals surface area contributed by atoms with E-state index in [1.165, 1.54) is 0 Å². The van der Waals surface area contributed by atoms with Crippen molar-refractivity contribution in [3.63, 3.8) is 0 Å². The van der Waals surface area contributed by atoms with Gasteiger partial charge < -0.3 is 4.90 Å². The lowest BCUT2D eigenvalue weighted by Crippen LogP contribution is -2.43. The van der Waals surface area contributed by atoms with E-state index in [0.29, 0.717) is 22.0 Å².